The van der Waals surface area contributed by atoms with Gasteiger partial charge < -0.3 is 8.83 Å². The molecule has 0 aliphatic heterocycles. The fraction of sp³-hybridized carbons (Fsp3) is 0. The molecule has 4 heteroatoms. The van der Waals surface area contributed by atoms with Gasteiger partial charge in [0.1, 0.15) is 19.0 Å². The molecule has 0 bridgehead atoms. The zero-order chi connectivity index (χ0) is 14.8. The summed E-state index contributed by atoms with van der Waals surface area (Å²) in [5.41, 5.74) is 3.94. The third-order valence-electron chi connectivity index (χ3n) is 4.06. The first-order valence-electron chi connectivity index (χ1n) is 6.93. The summed E-state index contributed by atoms with van der Waals surface area (Å²) >= 11 is 3.51. The van der Waals surface area contributed by atoms with E-state index in [1.165, 1.54) is 0 Å². The lowest BCUT2D eigenvalue weighted by Crippen LogP contribution is -1.98. The zero-order valence-electron chi connectivity index (χ0n) is 11.4. The molecule has 0 aliphatic carbocycles. The second kappa shape index (κ2) is 4.17. The van der Waals surface area contributed by atoms with Gasteiger partial charge >= 0.3 is 0 Å². The average molecular weight is 347 g/mol. The Morgan fingerprint density at radius 2 is 1.27 bits per heavy atom. The molecule has 22 heavy (non-hydrogen) atoms. The van der Waals surface area contributed by atoms with Gasteiger partial charge in [-0.15, -0.1) is 0 Å². The topological polar surface area (TPSA) is 26.3 Å². The van der Waals surface area contributed by atoms with E-state index in [9.17, 15) is 0 Å². The molecular weight excluding hydrogens is 339 g/mol. The van der Waals surface area contributed by atoms with Gasteiger partial charge in [-0.2, -0.15) is 0 Å². The molecule has 0 saturated heterocycles. The van der Waals surface area contributed by atoms with Gasteiger partial charge in [0.05, 0.1) is 0 Å². The summed E-state index contributed by atoms with van der Waals surface area (Å²) in [5.74, 6) is 0. The quantitative estimate of drug-likeness (QED) is 0.367. The molecule has 2 radical (unpaired) electrons. The third-order valence-corrected chi connectivity index (χ3v) is 4.56. The van der Waals surface area contributed by atoms with Gasteiger partial charge in [0.2, 0.25) is 0 Å². The number of furan rings is 2. The van der Waals surface area contributed by atoms with Crippen molar-refractivity contribution in [2.24, 2.45) is 0 Å². The van der Waals surface area contributed by atoms with E-state index in [1.54, 1.807) is 0 Å². The Kier molecular flexibility index (Phi) is 2.34. The van der Waals surface area contributed by atoms with Crippen molar-refractivity contribution in [3.63, 3.8) is 0 Å². The summed E-state index contributed by atoms with van der Waals surface area (Å²) in [4.78, 5) is 0. The lowest BCUT2D eigenvalue weighted by Gasteiger charge is -1.93. The van der Waals surface area contributed by atoms with Crippen molar-refractivity contribution < 1.29 is 8.83 Å². The first kappa shape index (κ1) is 12.4. The summed E-state index contributed by atoms with van der Waals surface area (Å²) in [6.07, 6.45) is 0. The van der Waals surface area contributed by atoms with Crippen LogP contribution < -0.4 is 5.46 Å². The fourth-order valence-corrected chi connectivity index (χ4v) is 3.42. The Hall–Kier alpha value is -2.20. The number of rotatable bonds is 0. The third kappa shape index (κ3) is 1.56. The van der Waals surface area contributed by atoms with E-state index < -0.39 is 0 Å². The molecule has 3 aromatic carbocycles. The van der Waals surface area contributed by atoms with Crippen LogP contribution in [-0.2, 0) is 0 Å². The van der Waals surface area contributed by atoms with Crippen LogP contribution in [0.5, 0.6) is 0 Å². The molecule has 0 amide bonds. The van der Waals surface area contributed by atoms with E-state index in [0.29, 0.717) is 0 Å². The molecule has 102 valence electrons. The second-order valence-electron chi connectivity index (χ2n) is 5.42. The predicted molar refractivity (Wildman–Crippen MR) is 94.1 cm³/mol. The molecule has 0 fully saturated rings. The Balaban J connectivity index is 2.03. The van der Waals surface area contributed by atoms with Gasteiger partial charge in [0.15, 0.2) is 11.2 Å². The first-order chi connectivity index (χ1) is 10.7. The van der Waals surface area contributed by atoms with Crippen LogP contribution in [-0.4, -0.2) is 7.85 Å². The summed E-state index contributed by atoms with van der Waals surface area (Å²) in [7, 11) is 5.89. The van der Waals surface area contributed by atoms with Crippen LogP contribution in [0.3, 0.4) is 0 Å². The number of hydrogen-bond acceptors (Lipinski definition) is 2. The van der Waals surface area contributed by atoms with E-state index in [1.807, 2.05) is 30.3 Å². The lowest BCUT2D eigenvalue weighted by molar-refractivity contribution is 0.633. The van der Waals surface area contributed by atoms with Crippen LogP contribution in [0.15, 0.2) is 61.8 Å². The highest BCUT2D eigenvalue weighted by Crippen LogP contribution is 2.38. The molecule has 5 aromatic rings. The summed E-state index contributed by atoms with van der Waals surface area (Å²) in [6.45, 7) is 0. The molecule has 0 unspecified atom stereocenters. The highest BCUT2D eigenvalue weighted by molar-refractivity contribution is 9.10. The molecule has 0 spiro atoms. The van der Waals surface area contributed by atoms with Crippen LogP contribution in [0.4, 0.5) is 0 Å². The van der Waals surface area contributed by atoms with Gasteiger partial charge in [0, 0.05) is 26.0 Å². The van der Waals surface area contributed by atoms with Crippen LogP contribution in [0.1, 0.15) is 0 Å². The standard InChI is InChI=1S/C18H8BBrO2/c19-9-1-5-15-13(7-9)11-3-4-12-14-8-10(20)2-6-16(14)22-18(12)17(11)21-15/h1-8H. The van der Waals surface area contributed by atoms with Gasteiger partial charge in [-0.05, 0) is 36.4 Å². The summed E-state index contributed by atoms with van der Waals surface area (Å²) < 4.78 is 13.1. The van der Waals surface area contributed by atoms with E-state index in [4.69, 9.17) is 16.7 Å². The van der Waals surface area contributed by atoms with Crippen molar-refractivity contribution in [3.8, 4) is 0 Å². The van der Waals surface area contributed by atoms with Crippen molar-refractivity contribution in [2.75, 3.05) is 0 Å². The Bertz CT molecular complexity index is 1100. The largest absolute Gasteiger partial charge is 0.452 e. The molecule has 0 N–H and O–H groups in total. The Morgan fingerprint density at radius 1 is 0.682 bits per heavy atom. The maximum absolute atomic E-state index is 6.03. The van der Waals surface area contributed by atoms with Gasteiger partial charge in [-0.3, -0.25) is 0 Å². The van der Waals surface area contributed by atoms with Gasteiger partial charge in [0.25, 0.3) is 0 Å². The smallest absolute Gasteiger partial charge is 0.178 e. The maximum Gasteiger partial charge on any atom is 0.178 e. The van der Waals surface area contributed by atoms with E-state index in [0.717, 1.165) is 53.8 Å². The molecule has 2 heterocycles. The van der Waals surface area contributed by atoms with Crippen molar-refractivity contribution in [1.82, 2.24) is 0 Å². The van der Waals surface area contributed by atoms with E-state index in [2.05, 4.69) is 34.1 Å². The molecular formula is C18H8BBrO2. The zero-order valence-corrected chi connectivity index (χ0v) is 13.0. The second-order valence-corrected chi connectivity index (χ2v) is 6.33. The summed E-state index contributed by atoms with van der Waals surface area (Å²) in [5, 5.41) is 4.16. The fourth-order valence-electron chi connectivity index (χ4n) is 3.06. The maximum atomic E-state index is 6.03. The van der Waals surface area contributed by atoms with Gasteiger partial charge in [-0.25, -0.2) is 0 Å². The van der Waals surface area contributed by atoms with Gasteiger partial charge in [-0.1, -0.05) is 33.5 Å². The highest BCUT2D eigenvalue weighted by Gasteiger charge is 2.15. The number of benzene rings is 3. The van der Waals surface area contributed by atoms with Crippen molar-refractivity contribution in [2.45, 2.75) is 0 Å². The monoisotopic (exact) mass is 346 g/mol. The predicted octanol–water partition coefficient (Wildman–Crippen LogP) is 5.04. The van der Waals surface area contributed by atoms with Crippen LogP contribution in [0.25, 0.3) is 43.9 Å². The molecule has 0 aliphatic rings. The molecule has 0 atom stereocenters. The summed E-state index contributed by atoms with van der Waals surface area (Å²) in [6, 6.07) is 15.8. The van der Waals surface area contributed by atoms with Crippen LogP contribution in [0.2, 0.25) is 0 Å². The molecule has 5 rings (SSSR count). The minimum atomic E-state index is 0.726. The Labute approximate surface area is 135 Å². The van der Waals surface area contributed by atoms with Crippen LogP contribution >= 0.6 is 15.9 Å². The first-order valence-corrected chi connectivity index (χ1v) is 7.72. The number of fused-ring (bicyclic) bond motifs is 7. The Morgan fingerprint density at radius 3 is 1.95 bits per heavy atom. The van der Waals surface area contributed by atoms with Crippen molar-refractivity contribution in [3.05, 3.63) is 53.0 Å². The lowest BCUT2D eigenvalue weighted by atomic mass is 9.94. The number of halogens is 1. The normalized spacial score (nSPS) is 12.0. The average Bonchev–Trinajstić information content (AvgIpc) is 3.05. The minimum absolute atomic E-state index is 0.726. The number of hydrogen-bond donors (Lipinski definition) is 0. The van der Waals surface area contributed by atoms with E-state index >= 15 is 0 Å². The molecule has 2 aromatic heterocycles. The highest BCUT2D eigenvalue weighted by atomic mass is 79.9. The molecule has 0 saturated carbocycles. The van der Waals surface area contributed by atoms with Crippen molar-refractivity contribution in [1.29, 1.82) is 0 Å². The van der Waals surface area contributed by atoms with Crippen molar-refractivity contribution >= 4 is 73.1 Å². The van der Waals surface area contributed by atoms with Crippen LogP contribution in [0, 0.1) is 0 Å². The van der Waals surface area contributed by atoms with E-state index in [-0.39, 0.29) is 0 Å². The molecule has 2 nitrogen and oxygen atoms in total. The SMILES string of the molecule is [B]c1ccc2oc3c(ccc4c5cc(Br)ccc5oc43)c2c1. The minimum Gasteiger partial charge on any atom is -0.452 e.